The lowest BCUT2D eigenvalue weighted by Crippen LogP contribution is -2.35. The Balaban J connectivity index is 2.04. The number of hydrogen-bond donors (Lipinski definition) is 2. The molecule has 5 heteroatoms. The van der Waals surface area contributed by atoms with Gasteiger partial charge >= 0.3 is 5.97 Å². The summed E-state index contributed by atoms with van der Waals surface area (Å²) in [4.78, 5) is 27.0. The fraction of sp³-hybridized carbons (Fsp3) is 0.278. The van der Waals surface area contributed by atoms with Crippen LogP contribution in [0.25, 0.3) is 0 Å². The summed E-state index contributed by atoms with van der Waals surface area (Å²) >= 11 is 0. The highest BCUT2D eigenvalue weighted by molar-refractivity contribution is 5.94. The molecule has 0 aliphatic rings. The second-order valence-electron chi connectivity index (χ2n) is 5.72. The molecule has 1 aromatic heterocycles. The fourth-order valence-corrected chi connectivity index (χ4v) is 2.43. The van der Waals surface area contributed by atoms with E-state index >= 15 is 0 Å². The van der Waals surface area contributed by atoms with Crippen molar-refractivity contribution in [2.24, 2.45) is 0 Å². The largest absolute Gasteiger partial charge is 0.477 e. The van der Waals surface area contributed by atoms with Crippen molar-refractivity contribution in [3.63, 3.8) is 0 Å². The van der Waals surface area contributed by atoms with Crippen molar-refractivity contribution in [3.8, 4) is 0 Å². The second kappa shape index (κ2) is 7.05. The van der Waals surface area contributed by atoms with Crippen LogP contribution in [0.2, 0.25) is 0 Å². The summed E-state index contributed by atoms with van der Waals surface area (Å²) in [7, 11) is 0. The fourth-order valence-electron chi connectivity index (χ4n) is 2.43. The van der Waals surface area contributed by atoms with Gasteiger partial charge in [0.1, 0.15) is 11.4 Å². The molecule has 0 aliphatic heterocycles. The molecular weight excluding hydrogens is 292 g/mol. The molecule has 1 atom stereocenters. The molecule has 0 saturated carbocycles. The maximum Gasteiger partial charge on any atom is 0.354 e. The summed E-state index contributed by atoms with van der Waals surface area (Å²) in [5.41, 5.74) is 3.54. The van der Waals surface area contributed by atoms with E-state index in [-0.39, 0.29) is 23.3 Å². The minimum absolute atomic E-state index is 0.0841. The third kappa shape index (κ3) is 4.39. The number of hydrogen-bond acceptors (Lipinski definition) is 3. The zero-order valence-electron chi connectivity index (χ0n) is 13.5. The van der Waals surface area contributed by atoms with Crippen LogP contribution in [0.1, 0.15) is 44.6 Å². The van der Waals surface area contributed by atoms with Crippen LogP contribution in [-0.2, 0) is 6.42 Å². The lowest BCUT2D eigenvalue weighted by atomic mass is 10.00. The highest BCUT2D eigenvalue weighted by atomic mass is 16.4. The number of carboxylic acids is 1. The molecule has 1 unspecified atom stereocenters. The number of amides is 1. The number of benzene rings is 1. The van der Waals surface area contributed by atoms with Crippen molar-refractivity contribution in [3.05, 3.63) is 64.5 Å². The van der Waals surface area contributed by atoms with E-state index in [1.165, 1.54) is 34.9 Å². The van der Waals surface area contributed by atoms with Crippen LogP contribution < -0.4 is 5.32 Å². The quantitative estimate of drug-likeness (QED) is 0.889. The van der Waals surface area contributed by atoms with Gasteiger partial charge in [0.2, 0.25) is 0 Å². The Bertz CT molecular complexity index is 741. The van der Waals surface area contributed by atoms with Gasteiger partial charge in [-0.05, 0) is 50.5 Å². The van der Waals surface area contributed by atoms with Crippen molar-refractivity contribution in [1.29, 1.82) is 0 Å². The van der Waals surface area contributed by atoms with Crippen LogP contribution in [-0.4, -0.2) is 28.0 Å². The van der Waals surface area contributed by atoms with Gasteiger partial charge in [-0.15, -0.1) is 0 Å². The summed E-state index contributed by atoms with van der Waals surface area (Å²) < 4.78 is 0. The van der Waals surface area contributed by atoms with Gasteiger partial charge in [0.05, 0.1) is 0 Å². The van der Waals surface area contributed by atoms with Crippen LogP contribution in [0.5, 0.6) is 0 Å². The lowest BCUT2D eigenvalue weighted by molar-refractivity contribution is 0.0690. The standard InChI is InChI=1S/C18H20N2O3/c1-11-7-8-14(12(2)9-11)10-13(3)19-17(21)15-5-4-6-16(20-15)18(22)23/h4-9,13H,10H2,1-3H3,(H,19,21)(H,22,23). The lowest BCUT2D eigenvalue weighted by Gasteiger charge is -2.15. The number of nitrogens with one attached hydrogen (secondary N) is 1. The van der Waals surface area contributed by atoms with E-state index in [1.807, 2.05) is 13.8 Å². The Labute approximate surface area is 135 Å². The smallest absolute Gasteiger partial charge is 0.354 e. The first-order valence-electron chi connectivity index (χ1n) is 7.44. The Hall–Kier alpha value is -2.69. The molecule has 0 saturated heterocycles. The van der Waals surface area contributed by atoms with E-state index in [2.05, 4.69) is 35.4 Å². The van der Waals surface area contributed by atoms with E-state index in [9.17, 15) is 9.59 Å². The van der Waals surface area contributed by atoms with Gasteiger partial charge in [-0.25, -0.2) is 9.78 Å². The molecule has 23 heavy (non-hydrogen) atoms. The number of pyridine rings is 1. The predicted molar refractivity (Wildman–Crippen MR) is 87.7 cm³/mol. The topological polar surface area (TPSA) is 79.3 Å². The van der Waals surface area contributed by atoms with Gasteiger partial charge in [0.25, 0.3) is 5.91 Å². The van der Waals surface area contributed by atoms with Crippen LogP contribution in [0.3, 0.4) is 0 Å². The van der Waals surface area contributed by atoms with E-state index in [4.69, 9.17) is 5.11 Å². The molecule has 5 nitrogen and oxygen atoms in total. The SMILES string of the molecule is Cc1ccc(CC(C)NC(=O)c2cccc(C(=O)O)n2)c(C)c1. The van der Waals surface area contributed by atoms with Gasteiger partial charge < -0.3 is 10.4 Å². The molecule has 0 fully saturated rings. The number of aromatic nitrogens is 1. The van der Waals surface area contributed by atoms with E-state index < -0.39 is 5.97 Å². The molecule has 0 bridgehead atoms. The summed E-state index contributed by atoms with van der Waals surface area (Å²) in [6.45, 7) is 6.01. The van der Waals surface area contributed by atoms with Gasteiger partial charge in [-0.3, -0.25) is 4.79 Å². The van der Waals surface area contributed by atoms with Crippen molar-refractivity contribution < 1.29 is 14.7 Å². The van der Waals surface area contributed by atoms with Crippen molar-refractivity contribution in [2.45, 2.75) is 33.2 Å². The number of rotatable bonds is 5. The Morgan fingerprint density at radius 3 is 2.52 bits per heavy atom. The average Bonchev–Trinajstić information content (AvgIpc) is 2.50. The van der Waals surface area contributed by atoms with Gasteiger partial charge in [-0.2, -0.15) is 0 Å². The number of carboxylic acid groups (broad SMARTS) is 1. The molecule has 1 aromatic carbocycles. The molecule has 1 amide bonds. The van der Waals surface area contributed by atoms with Crippen molar-refractivity contribution >= 4 is 11.9 Å². The molecule has 1 heterocycles. The third-order valence-electron chi connectivity index (χ3n) is 3.60. The first kappa shape index (κ1) is 16.7. The molecule has 0 aliphatic carbocycles. The number of aromatic carboxylic acids is 1. The highest BCUT2D eigenvalue weighted by Crippen LogP contribution is 2.13. The Morgan fingerprint density at radius 1 is 1.17 bits per heavy atom. The van der Waals surface area contributed by atoms with Gasteiger partial charge in [0.15, 0.2) is 0 Å². The number of carbonyl (C=O) groups is 2. The third-order valence-corrected chi connectivity index (χ3v) is 3.60. The monoisotopic (exact) mass is 312 g/mol. The van der Waals surface area contributed by atoms with E-state index in [1.54, 1.807) is 0 Å². The summed E-state index contributed by atoms with van der Waals surface area (Å²) in [6, 6.07) is 10.5. The molecule has 0 spiro atoms. The minimum atomic E-state index is -1.15. The molecular formula is C18H20N2O3. The number of nitrogens with zero attached hydrogens (tertiary/aromatic N) is 1. The summed E-state index contributed by atoms with van der Waals surface area (Å²) in [6.07, 6.45) is 0.705. The van der Waals surface area contributed by atoms with Crippen LogP contribution in [0, 0.1) is 13.8 Å². The number of aryl methyl sites for hydroxylation is 2. The van der Waals surface area contributed by atoms with Gasteiger partial charge in [0, 0.05) is 6.04 Å². The average molecular weight is 312 g/mol. The first-order valence-corrected chi connectivity index (χ1v) is 7.44. The molecule has 2 rings (SSSR count). The van der Waals surface area contributed by atoms with Crippen LogP contribution in [0.4, 0.5) is 0 Å². The maximum atomic E-state index is 12.2. The molecule has 2 aromatic rings. The normalized spacial score (nSPS) is 11.8. The van der Waals surface area contributed by atoms with Gasteiger partial charge in [-0.1, -0.05) is 29.8 Å². The summed E-state index contributed by atoms with van der Waals surface area (Å²) in [5, 5.41) is 11.8. The molecule has 0 radical (unpaired) electrons. The Kier molecular flexibility index (Phi) is 5.11. The molecule has 120 valence electrons. The maximum absolute atomic E-state index is 12.2. The zero-order valence-corrected chi connectivity index (χ0v) is 13.5. The Morgan fingerprint density at radius 2 is 1.87 bits per heavy atom. The zero-order chi connectivity index (χ0) is 17.0. The van der Waals surface area contributed by atoms with Crippen molar-refractivity contribution in [1.82, 2.24) is 10.3 Å². The van der Waals surface area contributed by atoms with E-state index in [0.29, 0.717) is 6.42 Å². The van der Waals surface area contributed by atoms with Crippen LogP contribution >= 0.6 is 0 Å². The highest BCUT2D eigenvalue weighted by Gasteiger charge is 2.14. The molecule has 2 N–H and O–H groups in total. The van der Waals surface area contributed by atoms with E-state index in [0.717, 1.165) is 0 Å². The van der Waals surface area contributed by atoms with Crippen LogP contribution in [0.15, 0.2) is 36.4 Å². The van der Waals surface area contributed by atoms with Crippen molar-refractivity contribution in [2.75, 3.05) is 0 Å². The number of carbonyl (C=O) groups excluding carboxylic acids is 1. The predicted octanol–water partition coefficient (Wildman–Crippen LogP) is 2.76. The first-order chi connectivity index (χ1) is 10.9. The summed E-state index contributed by atoms with van der Waals surface area (Å²) in [5.74, 6) is -1.52. The minimum Gasteiger partial charge on any atom is -0.477 e. The second-order valence-corrected chi connectivity index (χ2v) is 5.72.